The second kappa shape index (κ2) is 6.83. The molecule has 1 saturated carbocycles. The van der Waals surface area contributed by atoms with Gasteiger partial charge < -0.3 is 20.2 Å². The zero-order chi connectivity index (χ0) is 15.4. The van der Waals surface area contributed by atoms with Crippen molar-refractivity contribution < 1.29 is 14.3 Å². The highest BCUT2D eigenvalue weighted by Gasteiger charge is 2.20. The Bertz CT molecular complexity index is 605. The SMILES string of the molecule is O=C(NCc1cc2ccccc2o1)NCC1CCCC(O)C1. The lowest BCUT2D eigenvalue weighted by Gasteiger charge is -2.25. The Balaban J connectivity index is 1.44. The van der Waals surface area contributed by atoms with E-state index in [-0.39, 0.29) is 12.1 Å². The molecule has 1 aromatic heterocycles. The second-order valence-corrected chi connectivity index (χ2v) is 6.00. The molecule has 2 amide bonds. The highest BCUT2D eigenvalue weighted by Crippen LogP contribution is 2.23. The molecule has 2 unspecified atom stereocenters. The summed E-state index contributed by atoms with van der Waals surface area (Å²) in [6.45, 7) is 0.983. The minimum Gasteiger partial charge on any atom is -0.459 e. The van der Waals surface area contributed by atoms with Gasteiger partial charge in [-0.15, -0.1) is 0 Å². The Morgan fingerprint density at radius 2 is 2.14 bits per heavy atom. The molecule has 0 radical (unpaired) electrons. The summed E-state index contributed by atoms with van der Waals surface area (Å²) < 4.78 is 5.65. The summed E-state index contributed by atoms with van der Waals surface area (Å²) >= 11 is 0. The van der Waals surface area contributed by atoms with Gasteiger partial charge in [0.05, 0.1) is 12.6 Å². The molecule has 0 saturated heterocycles. The van der Waals surface area contributed by atoms with Crippen molar-refractivity contribution in [3.8, 4) is 0 Å². The third-order valence-electron chi connectivity index (χ3n) is 4.21. The van der Waals surface area contributed by atoms with Gasteiger partial charge in [-0.05, 0) is 37.3 Å². The molecule has 0 spiro atoms. The number of hydrogen-bond acceptors (Lipinski definition) is 3. The Morgan fingerprint density at radius 1 is 1.27 bits per heavy atom. The predicted octanol–water partition coefficient (Wildman–Crippen LogP) is 2.78. The van der Waals surface area contributed by atoms with Crippen molar-refractivity contribution in [2.45, 2.75) is 38.3 Å². The van der Waals surface area contributed by atoms with Gasteiger partial charge in [0.1, 0.15) is 11.3 Å². The summed E-state index contributed by atoms with van der Waals surface area (Å²) in [6, 6.07) is 9.52. The number of para-hydroxylation sites is 1. The van der Waals surface area contributed by atoms with Crippen LogP contribution in [0.25, 0.3) is 11.0 Å². The number of carbonyl (C=O) groups is 1. The van der Waals surface area contributed by atoms with Crippen LogP contribution in [0.5, 0.6) is 0 Å². The number of rotatable bonds is 4. The standard InChI is InChI=1S/C17H22N2O3/c20-14-6-3-4-12(8-14)10-18-17(21)19-11-15-9-13-5-1-2-7-16(13)22-15/h1-2,5,7,9,12,14,20H,3-4,6,8,10-11H2,(H2,18,19,21). The maximum Gasteiger partial charge on any atom is 0.315 e. The van der Waals surface area contributed by atoms with Gasteiger partial charge in [0, 0.05) is 11.9 Å². The van der Waals surface area contributed by atoms with Crippen LogP contribution in [0.2, 0.25) is 0 Å². The van der Waals surface area contributed by atoms with Crippen LogP contribution >= 0.6 is 0 Å². The number of amides is 2. The largest absolute Gasteiger partial charge is 0.459 e. The molecule has 118 valence electrons. The molecule has 3 N–H and O–H groups in total. The van der Waals surface area contributed by atoms with E-state index >= 15 is 0 Å². The zero-order valence-corrected chi connectivity index (χ0v) is 12.5. The van der Waals surface area contributed by atoms with E-state index in [1.165, 1.54) is 0 Å². The maximum absolute atomic E-state index is 11.8. The van der Waals surface area contributed by atoms with Gasteiger partial charge in [-0.2, -0.15) is 0 Å². The molecule has 1 heterocycles. The number of urea groups is 1. The summed E-state index contributed by atoms with van der Waals surface area (Å²) in [4.78, 5) is 11.8. The van der Waals surface area contributed by atoms with Crippen molar-refractivity contribution in [1.29, 1.82) is 0 Å². The van der Waals surface area contributed by atoms with E-state index in [4.69, 9.17) is 4.42 Å². The van der Waals surface area contributed by atoms with Crippen molar-refractivity contribution in [2.24, 2.45) is 5.92 Å². The third kappa shape index (κ3) is 3.80. The smallest absolute Gasteiger partial charge is 0.315 e. The van der Waals surface area contributed by atoms with Gasteiger partial charge >= 0.3 is 6.03 Å². The van der Waals surface area contributed by atoms with Crippen molar-refractivity contribution in [1.82, 2.24) is 10.6 Å². The normalized spacial score (nSPS) is 21.7. The van der Waals surface area contributed by atoms with Crippen LogP contribution in [0.3, 0.4) is 0 Å². The van der Waals surface area contributed by atoms with E-state index in [1.807, 2.05) is 30.3 Å². The molecule has 0 aliphatic heterocycles. The fourth-order valence-electron chi connectivity index (χ4n) is 3.04. The first-order valence-corrected chi connectivity index (χ1v) is 7.88. The zero-order valence-electron chi connectivity index (χ0n) is 12.5. The first-order chi connectivity index (χ1) is 10.7. The summed E-state index contributed by atoms with van der Waals surface area (Å²) in [5.41, 5.74) is 0.830. The summed E-state index contributed by atoms with van der Waals surface area (Å²) in [5.74, 6) is 1.12. The molecule has 5 nitrogen and oxygen atoms in total. The van der Waals surface area contributed by atoms with Crippen LogP contribution in [-0.4, -0.2) is 23.8 Å². The number of hydrogen-bond donors (Lipinski definition) is 3. The molecule has 22 heavy (non-hydrogen) atoms. The van der Waals surface area contributed by atoms with E-state index < -0.39 is 0 Å². The number of nitrogens with one attached hydrogen (secondary N) is 2. The van der Waals surface area contributed by atoms with Crippen LogP contribution in [-0.2, 0) is 6.54 Å². The summed E-state index contributed by atoms with van der Waals surface area (Å²) in [6.07, 6.45) is 3.56. The number of carbonyl (C=O) groups excluding carboxylic acids is 1. The van der Waals surface area contributed by atoms with E-state index in [9.17, 15) is 9.90 Å². The number of fused-ring (bicyclic) bond motifs is 1. The Labute approximate surface area is 129 Å². The predicted molar refractivity (Wildman–Crippen MR) is 84.4 cm³/mol. The lowest BCUT2D eigenvalue weighted by Crippen LogP contribution is -2.39. The summed E-state index contributed by atoms with van der Waals surface area (Å²) in [5, 5.41) is 16.3. The van der Waals surface area contributed by atoms with E-state index in [0.29, 0.717) is 19.0 Å². The highest BCUT2D eigenvalue weighted by atomic mass is 16.3. The van der Waals surface area contributed by atoms with E-state index in [0.717, 1.165) is 42.4 Å². The molecule has 5 heteroatoms. The molecule has 2 aromatic rings. The van der Waals surface area contributed by atoms with Crippen LogP contribution in [0.1, 0.15) is 31.4 Å². The van der Waals surface area contributed by atoms with Gasteiger partial charge in [-0.25, -0.2) is 4.79 Å². The molecular formula is C17H22N2O3. The molecule has 1 fully saturated rings. The third-order valence-corrected chi connectivity index (χ3v) is 4.21. The van der Waals surface area contributed by atoms with Gasteiger partial charge in [0.25, 0.3) is 0 Å². The first kappa shape index (κ1) is 14.9. The molecule has 1 aliphatic carbocycles. The van der Waals surface area contributed by atoms with Crippen molar-refractivity contribution >= 4 is 17.0 Å². The van der Waals surface area contributed by atoms with Gasteiger partial charge in [-0.1, -0.05) is 24.6 Å². The second-order valence-electron chi connectivity index (χ2n) is 6.00. The molecule has 2 atom stereocenters. The Hall–Kier alpha value is -2.01. The molecule has 1 aromatic carbocycles. The van der Waals surface area contributed by atoms with Crippen molar-refractivity contribution in [3.05, 3.63) is 36.1 Å². The number of furan rings is 1. The molecule has 0 bridgehead atoms. The lowest BCUT2D eigenvalue weighted by molar-refractivity contribution is 0.101. The Morgan fingerprint density at radius 3 is 2.95 bits per heavy atom. The van der Waals surface area contributed by atoms with Crippen LogP contribution in [0, 0.1) is 5.92 Å². The monoisotopic (exact) mass is 302 g/mol. The fraction of sp³-hybridized carbons (Fsp3) is 0.471. The van der Waals surface area contributed by atoms with Gasteiger partial charge in [-0.3, -0.25) is 0 Å². The van der Waals surface area contributed by atoms with Crippen LogP contribution in [0.15, 0.2) is 34.7 Å². The van der Waals surface area contributed by atoms with Crippen LogP contribution in [0.4, 0.5) is 4.79 Å². The van der Waals surface area contributed by atoms with Gasteiger partial charge in [0.15, 0.2) is 0 Å². The van der Waals surface area contributed by atoms with E-state index in [1.54, 1.807) is 0 Å². The Kier molecular flexibility index (Phi) is 4.63. The molecule has 3 rings (SSSR count). The van der Waals surface area contributed by atoms with Crippen molar-refractivity contribution in [2.75, 3.05) is 6.54 Å². The van der Waals surface area contributed by atoms with E-state index in [2.05, 4.69) is 10.6 Å². The fourth-order valence-corrected chi connectivity index (χ4v) is 3.04. The summed E-state index contributed by atoms with van der Waals surface area (Å²) in [7, 11) is 0. The maximum atomic E-state index is 11.8. The average molecular weight is 302 g/mol. The molecule has 1 aliphatic rings. The minimum absolute atomic E-state index is 0.194. The first-order valence-electron chi connectivity index (χ1n) is 7.88. The van der Waals surface area contributed by atoms with Crippen LogP contribution < -0.4 is 10.6 Å². The quantitative estimate of drug-likeness (QED) is 0.813. The minimum atomic E-state index is -0.209. The number of aliphatic hydroxyl groups excluding tert-OH is 1. The highest BCUT2D eigenvalue weighted by molar-refractivity contribution is 5.78. The average Bonchev–Trinajstić information content (AvgIpc) is 2.94. The molecular weight excluding hydrogens is 280 g/mol. The number of benzene rings is 1. The number of aliphatic hydroxyl groups is 1. The van der Waals surface area contributed by atoms with Crippen molar-refractivity contribution in [3.63, 3.8) is 0 Å². The lowest BCUT2D eigenvalue weighted by atomic mass is 9.87. The van der Waals surface area contributed by atoms with Gasteiger partial charge in [0.2, 0.25) is 0 Å². The topological polar surface area (TPSA) is 74.5 Å².